The summed E-state index contributed by atoms with van der Waals surface area (Å²) in [5, 5.41) is 7.10. The highest BCUT2D eigenvalue weighted by molar-refractivity contribution is 6.03. The average molecular weight is 326 g/mol. The van der Waals surface area contributed by atoms with E-state index in [2.05, 4.69) is 17.3 Å². The highest BCUT2D eigenvalue weighted by Gasteiger charge is 2.23. The van der Waals surface area contributed by atoms with Crippen molar-refractivity contribution >= 4 is 23.2 Å². The first-order valence-corrected chi connectivity index (χ1v) is 8.40. The number of amides is 2. The second-order valence-corrected chi connectivity index (χ2v) is 5.90. The van der Waals surface area contributed by atoms with Crippen LogP contribution in [0, 0.1) is 0 Å². The maximum Gasteiger partial charge on any atom is 0.276 e. The van der Waals surface area contributed by atoms with E-state index in [1.807, 2.05) is 30.0 Å². The molecule has 0 saturated carbocycles. The lowest BCUT2D eigenvalue weighted by Crippen LogP contribution is -2.35. The predicted molar refractivity (Wildman–Crippen MR) is 93.3 cm³/mol. The van der Waals surface area contributed by atoms with E-state index < -0.39 is 0 Å². The van der Waals surface area contributed by atoms with E-state index >= 15 is 0 Å². The fourth-order valence-electron chi connectivity index (χ4n) is 2.96. The number of nitrogens with zero attached hydrogens (tertiary/aromatic N) is 3. The minimum Gasteiger partial charge on any atom is -0.321 e. The van der Waals surface area contributed by atoms with Gasteiger partial charge < -0.3 is 10.2 Å². The molecule has 1 aromatic heterocycles. The Labute approximate surface area is 141 Å². The van der Waals surface area contributed by atoms with Crippen molar-refractivity contribution in [1.82, 2.24) is 9.78 Å². The molecule has 0 spiro atoms. The Bertz CT molecular complexity index is 766. The van der Waals surface area contributed by atoms with Crippen molar-refractivity contribution in [3.05, 3.63) is 41.7 Å². The van der Waals surface area contributed by atoms with Gasteiger partial charge in [-0.25, -0.2) is 0 Å². The molecule has 0 atom stereocenters. The molecule has 6 nitrogen and oxygen atoms in total. The first-order valence-electron chi connectivity index (χ1n) is 8.40. The third-order valence-electron chi connectivity index (χ3n) is 4.18. The SMILES string of the molecule is CCCN1C(=O)CCc2cc(NC(=O)c3ccn(CC)n3)ccc21. The standard InChI is InChI=1S/C18H22N4O2/c1-3-10-22-16-7-6-14(12-13(16)5-8-17(22)23)19-18(24)15-9-11-21(4-2)20-15/h6-7,9,11-12H,3-5,8,10H2,1-2H3,(H,19,24). The number of carbonyl (C=O) groups excluding carboxylic acids is 2. The minimum atomic E-state index is -0.223. The molecule has 6 heteroatoms. The molecule has 1 N–H and O–H groups in total. The Morgan fingerprint density at radius 3 is 2.79 bits per heavy atom. The summed E-state index contributed by atoms with van der Waals surface area (Å²) in [4.78, 5) is 26.2. The van der Waals surface area contributed by atoms with Gasteiger partial charge in [0.2, 0.25) is 5.91 Å². The summed E-state index contributed by atoms with van der Waals surface area (Å²) < 4.78 is 1.72. The lowest BCUT2D eigenvalue weighted by molar-refractivity contribution is -0.118. The van der Waals surface area contributed by atoms with Gasteiger partial charge in [0.25, 0.3) is 5.91 Å². The Morgan fingerprint density at radius 2 is 2.08 bits per heavy atom. The third-order valence-corrected chi connectivity index (χ3v) is 4.18. The number of anilines is 2. The fraction of sp³-hybridized carbons (Fsp3) is 0.389. The van der Waals surface area contributed by atoms with Crippen molar-refractivity contribution in [2.24, 2.45) is 0 Å². The molecule has 0 radical (unpaired) electrons. The Balaban J connectivity index is 1.78. The number of aromatic nitrogens is 2. The van der Waals surface area contributed by atoms with Crippen LogP contribution in [0.15, 0.2) is 30.5 Å². The van der Waals surface area contributed by atoms with Gasteiger partial charge in [0.1, 0.15) is 0 Å². The lowest BCUT2D eigenvalue weighted by atomic mass is 10.00. The zero-order valence-electron chi connectivity index (χ0n) is 14.1. The zero-order chi connectivity index (χ0) is 17.1. The fourth-order valence-corrected chi connectivity index (χ4v) is 2.96. The van der Waals surface area contributed by atoms with Crippen LogP contribution in [0.1, 0.15) is 42.7 Å². The normalized spacial score (nSPS) is 13.8. The summed E-state index contributed by atoms with van der Waals surface area (Å²) in [7, 11) is 0. The Morgan fingerprint density at radius 1 is 1.25 bits per heavy atom. The molecule has 1 aliphatic rings. The van der Waals surface area contributed by atoms with Crippen LogP contribution < -0.4 is 10.2 Å². The molecule has 0 unspecified atom stereocenters. The summed E-state index contributed by atoms with van der Waals surface area (Å²) in [6, 6.07) is 7.43. The van der Waals surface area contributed by atoms with Gasteiger partial charge in [-0.1, -0.05) is 6.92 Å². The second kappa shape index (κ2) is 6.86. The monoisotopic (exact) mass is 326 g/mol. The smallest absolute Gasteiger partial charge is 0.276 e. The molecule has 0 bridgehead atoms. The number of rotatable bonds is 5. The second-order valence-electron chi connectivity index (χ2n) is 5.90. The van der Waals surface area contributed by atoms with Crippen LogP contribution in [-0.4, -0.2) is 28.1 Å². The van der Waals surface area contributed by atoms with Crippen molar-refractivity contribution in [2.75, 3.05) is 16.8 Å². The van der Waals surface area contributed by atoms with E-state index in [4.69, 9.17) is 0 Å². The predicted octanol–water partition coefficient (Wildman–Crippen LogP) is 2.84. The van der Waals surface area contributed by atoms with E-state index in [1.165, 1.54) is 0 Å². The minimum absolute atomic E-state index is 0.172. The van der Waals surface area contributed by atoms with Gasteiger partial charge >= 0.3 is 0 Å². The van der Waals surface area contributed by atoms with Crippen molar-refractivity contribution in [3.8, 4) is 0 Å². The van der Waals surface area contributed by atoms with E-state index in [0.717, 1.165) is 36.4 Å². The van der Waals surface area contributed by atoms with Crippen LogP contribution in [0.3, 0.4) is 0 Å². The van der Waals surface area contributed by atoms with Crippen molar-refractivity contribution in [1.29, 1.82) is 0 Å². The quantitative estimate of drug-likeness (QED) is 0.919. The van der Waals surface area contributed by atoms with Crippen LogP contribution in [0.4, 0.5) is 11.4 Å². The van der Waals surface area contributed by atoms with E-state index in [9.17, 15) is 9.59 Å². The summed E-state index contributed by atoms with van der Waals surface area (Å²) >= 11 is 0. The van der Waals surface area contributed by atoms with Gasteiger partial charge in [-0.15, -0.1) is 0 Å². The van der Waals surface area contributed by atoms with Gasteiger partial charge in [-0.05, 0) is 49.6 Å². The molecule has 2 amide bonds. The highest BCUT2D eigenvalue weighted by Crippen LogP contribution is 2.30. The molecule has 24 heavy (non-hydrogen) atoms. The molecule has 0 fully saturated rings. The molecule has 0 aliphatic carbocycles. The molecule has 3 rings (SSSR count). The Hall–Kier alpha value is -2.63. The van der Waals surface area contributed by atoms with Crippen molar-refractivity contribution < 1.29 is 9.59 Å². The van der Waals surface area contributed by atoms with Crippen molar-refractivity contribution in [2.45, 2.75) is 39.7 Å². The van der Waals surface area contributed by atoms with Crippen LogP contribution >= 0.6 is 0 Å². The number of aryl methyl sites for hydroxylation is 2. The maximum absolute atomic E-state index is 12.3. The van der Waals surface area contributed by atoms with Crippen LogP contribution in [0.2, 0.25) is 0 Å². The van der Waals surface area contributed by atoms with Gasteiger partial charge in [-0.2, -0.15) is 5.10 Å². The molecular weight excluding hydrogens is 304 g/mol. The number of hydrogen-bond acceptors (Lipinski definition) is 3. The largest absolute Gasteiger partial charge is 0.321 e. The zero-order valence-corrected chi connectivity index (χ0v) is 14.1. The number of benzene rings is 1. The number of fused-ring (bicyclic) bond motifs is 1. The molecule has 126 valence electrons. The van der Waals surface area contributed by atoms with E-state index in [0.29, 0.717) is 18.5 Å². The van der Waals surface area contributed by atoms with E-state index in [1.54, 1.807) is 16.9 Å². The average Bonchev–Trinajstić information content (AvgIpc) is 3.07. The van der Waals surface area contributed by atoms with Gasteiger partial charge in [0.05, 0.1) is 0 Å². The third kappa shape index (κ3) is 3.18. The van der Waals surface area contributed by atoms with Crippen LogP contribution in [0.5, 0.6) is 0 Å². The topological polar surface area (TPSA) is 67.2 Å². The summed E-state index contributed by atoms with van der Waals surface area (Å²) in [5.41, 5.74) is 3.19. The number of carbonyl (C=O) groups is 2. The van der Waals surface area contributed by atoms with Crippen LogP contribution in [0.25, 0.3) is 0 Å². The van der Waals surface area contributed by atoms with Gasteiger partial charge in [0.15, 0.2) is 5.69 Å². The molecule has 0 saturated heterocycles. The van der Waals surface area contributed by atoms with Crippen LogP contribution in [-0.2, 0) is 17.8 Å². The lowest BCUT2D eigenvalue weighted by Gasteiger charge is -2.29. The molecule has 2 heterocycles. The molecular formula is C18H22N4O2. The van der Waals surface area contributed by atoms with Gasteiger partial charge in [-0.3, -0.25) is 14.3 Å². The summed E-state index contributed by atoms with van der Waals surface area (Å²) in [5.74, 6) is -0.0503. The van der Waals surface area contributed by atoms with E-state index in [-0.39, 0.29) is 11.8 Å². The molecule has 1 aliphatic heterocycles. The molecule has 2 aromatic rings. The first-order chi connectivity index (χ1) is 11.6. The summed E-state index contributed by atoms with van der Waals surface area (Å²) in [6.07, 6.45) is 3.94. The van der Waals surface area contributed by atoms with Gasteiger partial charge in [0, 0.05) is 37.1 Å². The Kier molecular flexibility index (Phi) is 4.64. The first kappa shape index (κ1) is 16.2. The van der Waals surface area contributed by atoms with Crippen molar-refractivity contribution in [3.63, 3.8) is 0 Å². The maximum atomic E-state index is 12.3. The molecule has 1 aromatic carbocycles. The summed E-state index contributed by atoms with van der Waals surface area (Å²) in [6.45, 7) is 5.49. The highest BCUT2D eigenvalue weighted by atomic mass is 16.2. The number of nitrogens with one attached hydrogen (secondary N) is 1. The number of hydrogen-bond donors (Lipinski definition) is 1.